The summed E-state index contributed by atoms with van der Waals surface area (Å²) in [7, 11) is 3.34. The fraction of sp³-hybridized carbons (Fsp3) is 0.429. The van der Waals surface area contributed by atoms with Crippen molar-refractivity contribution >= 4 is 29.9 Å². The van der Waals surface area contributed by atoms with Crippen LogP contribution in [0.2, 0.25) is 0 Å². The number of aromatic nitrogens is 1. The highest BCUT2D eigenvalue weighted by atomic mass is 127. The average Bonchev–Trinajstić information content (AvgIpc) is 2.78. The summed E-state index contributed by atoms with van der Waals surface area (Å²) in [5, 5.41) is 6.68. The first-order valence-electron chi connectivity index (χ1n) is 9.71. The Morgan fingerprint density at radius 1 is 1.23 bits per heavy atom. The Balaban J connectivity index is 0.00000320. The average molecular weight is 529 g/mol. The zero-order valence-corrected chi connectivity index (χ0v) is 19.6. The van der Waals surface area contributed by atoms with Gasteiger partial charge in [0.2, 0.25) is 5.88 Å². The minimum Gasteiger partial charge on any atom is -0.481 e. The molecule has 0 spiro atoms. The fourth-order valence-corrected chi connectivity index (χ4v) is 3.37. The Morgan fingerprint density at radius 3 is 2.63 bits per heavy atom. The standard InChI is InChI=1S/C21H28FN5O2.HI/c1-23-21(25-14-17-4-3-9-24-20(17)28-2)26-15-19(27-10-12-29-13-11-27)16-5-7-18(22)8-6-16;/h3-9,19H,10-15H2,1-2H3,(H2,23,25,26);1H. The zero-order valence-electron chi connectivity index (χ0n) is 17.3. The Kier molecular flexibility index (Phi) is 10.2. The van der Waals surface area contributed by atoms with Crippen molar-refractivity contribution in [2.75, 3.05) is 47.0 Å². The van der Waals surface area contributed by atoms with Crippen molar-refractivity contribution in [3.05, 3.63) is 59.5 Å². The number of rotatable bonds is 7. The third kappa shape index (κ3) is 6.78. The predicted octanol–water partition coefficient (Wildman–Crippen LogP) is 2.59. The molecule has 0 amide bonds. The third-order valence-corrected chi connectivity index (χ3v) is 4.92. The van der Waals surface area contributed by atoms with Crippen LogP contribution in [-0.4, -0.2) is 62.8 Å². The van der Waals surface area contributed by atoms with Crippen LogP contribution in [0.4, 0.5) is 4.39 Å². The second-order valence-electron chi connectivity index (χ2n) is 6.69. The van der Waals surface area contributed by atoms with Crippen molar-refractivity contribution in [3.8, 4) is 5.88 Å². The lowest BCUT2D eigenvalue weighted by atomic mass is 10.0. The van der Waals surface area contributed by atoms with Crippen LogP contribution >= 0.6 is 24.0 Å². The molecule has 1 saturated heterocycles. The number of ether oxygens (including phenoxy) is 2. The van der Waals surface area contributed by atoms with E-state index in [0.29, 0.717) is 38.1 Å². The van der Waals surface area contributed by atoms with Gasteiger partial charge in [-0.2, -0.15) is 0 Å². The number of aliphatic imine (C=N–C) groups is 1. The van der Waals surface area contributed by atoms with Gasteiger partial charge in [0, 0.05) is 45.0 Å². The van der Waals surface area contributed by atoms with Crippen LogP contribution in [0.1, 0.15) is 17.2 Å². The molecule has 1 aliphatic heterocycles. The molecule has 2 heterocycles. The van der Waals surface area contributed by atoms with Crippen molar-refractivity contribution in [3.63, 3.8) is 0 Å². The number of hydrogen-bond acceptors (Lipinski definition) is 5. The second kappa shape index (κ2) is 12.7. The maximum Gasteiger partial charge on any atom is 0.218 e. The number of pyridine rings is 1. The lowest BCUT2D eigenvalue weighted by Gasteiger charge is -2.35. The molecule has 0 bridgehead atoms. The summed E-state index contributed by atoms with van der Waals surface area (Å²) in [4.78, 5) is 10.9. The van der Waals surface area contributed by atoms with Gasteiger partial charge in [0.1, 0.15) is 5.82 Å². The molecule has 9 heteroatoms. The van der Waals surface area contributed by atoms with Crippen molar-refractivity contribution in [1.29, 1.82) is 0 Å². The van der Waals surface area contributed by atoms with Crippen LogP contribution in [0.25, 0.3) is 0 Å². The van der Waals surface area contributed by atoms with E-state index in [4.69, 9.17) is 9.47 Å². The number of hydrogen-bond donors (Lipinski definition) is 2. The van der Waals surface area contributed by atoms with Gasteiger partial charge in [-0.25, -0.2) is 9.37 Å². The van der Waals surface area contributed by atoms with Crippen molar-refractivity contribution in [2.45, 2.75) is 12.6 Å². The molecule has 0 saturated carbocycles. The number of guanidine groups is 1. The van der Waals surface area contributed by atoms with Gasteiger partial charge in [0.05, 0.1) is 26.4 Å². The van der Waals surface area contributed by atoms with Gasteiger partial charge in [-0.1, -0.05) is 18.2 Å². The van der Waals surface area contributed by atoms with Gasteiger partial charge < -0.3 is 20.1 Å². The topological polar surface area (TPSA) is 71.0 Å². The summed E-state index contributed by atoms with van der Waals surface area (Å²) in [6.07, 6.45) is 1.70. The quantitative estimate of drug-likeness (QED) is 0.327. The van der Waals surface area contributed by atoms with Crippen molar-refractivity contribution < 1.29 is 13.9 Å². The van der Waals surface area contributed by atoms with E-state index in [2.05, 4.69) is 25.5 Å². The molecule has 7 nitrogen and oxygen atoms in total. The van der Waals surface area contributed by atoms with E-state index in [1.165, 1.54) is 12.1 Å². The summed E-state index contributed by atoms with van der Waals surface area (Å²) >= 11 is 0. The van der Waals surface area contributed by atoms with Crippen molar-refractivity contribution in [1.82, 2.24) is 20.5 Å². The molecule has 1 aromatic carbocycles. The van der Waals surface area contributed by atoms with E-state index in [1.54, 1.807) is 20.4 Å². The first kappa shape index (κ1) is 24.3. The largest absolute Gasteiger partial charge is 0.481 e. The van der Waals surface area contributed by atoms with E-state index < -0.39 is 0 Å². The number of nitrogens with zero attached hydrogens (tertiary/aromatic N) is 3. The maximum absolute atomic E-state index is 13.4. The highest BCUT2D eigenvalue weighted by molar-refractivity contribution is 14.0. The molecule has 3 rings (SSSR count). The first-order valence-corrected chi connectivity index (χ1v) is 9.71. The minimum absolute atomic E-state index is 0. The van der Waals surface area contributed by atoms with Crippen LogP contribution in [0.3, 0.4) is 0 Å². The highest BCUT2D eigenvalue weighted by Crippen LogP contribution is 2.21. The molecule has 30 heavy (non-hydrogen) atoms. The van der Waals surface area contributed by atoms with Crippen LogP contribution in [-0.2, 0) is 11.3 Å². The predicted molar refractivity (Wildman–Crippen MR) is 126 cm³/mol. The van der Waals surface area contributed by atoms with Crippen LogP contribution in [0, 0.1) is 5.82 Å². The highest BCUT2D eigenvalue weighted by Gasteiger charge is 2.23. The summed E-state index contributed by atoms with van der Waals surface area (Å²) in [5.74, 6) is 1.04. The van der Waals surface area contributed by atoms with E-state index in [0.717, 1.165) is 24.2 Å². The molecule has 2 N–H and O–H groups in total. The summed E-state index contributed by atoms with van der Waals surface area (Å²) in [6, 6.07) is 10.6. The summed E-state index contributed by atoms with van der Waals surface area (Å²) < 4.78 is 24.2. The molecule has 1 aromatic heterocycles. The zero-order chi connectivity index (χ0) is 20.5. The van der Waals surface area contributed by atoms with E-state index >= 15 is 0 Å². The van der Waals surface area contributed by atoms with Gasteiger partial charge >= 0.3 is 0 Å². The molecule has 0 radical (unpaired) electrons. The normalized spacial score (nSPS) is 15.8. The number of nitrogens with one attached hydrogen (secondary N) is 2. The smallest absolute Gasteiger partial charge is 0.218 e. The summed E-state index contributed by atoms with van der Waals surface area (Å²) in [5.41, 5.74) is 2.01. The lowest BCUT2D eigenvalue weighted by molar-refractivity contribution is 0.0170. The first-order chi connectivity index (χ1) is 14.2. The maximum atomic E-state index is 13.4. The van der Waals surface area contributed by atoms with Gasteiger partial charge in [-0.3, -0.25) is 9.89 Å². The van der Waals surface area contributed by atoms with Gasteiger partial charge in [-0.15, -0.1) is 24.0 Å². The van der Waals surface area contributed by atoms with Gasteiger partial charge in [-0.05, 0) is 23.8 Å². The number of benzene rings is 1. The van der Waals surface area contributed by atoms with Crippen LogP contribution in [0.5, 0.6) is 5.88 Å². The van der Waals surface area contributed by atoms with Crippen LogP contribution < -0.4 is 15.4 Å². The molecule has 164 valence electrons. The third-order valence-electron chi connectivity index (χ3n) is 4.92. The molecule has 1 aliphatic rings. The number of halogens is 2. The lowest BCUT2D eigenvalue weighted by Crippen LogP contribution is -2.46. The van der Waals surface area contributed by atoms with Gasteiger partial charge in [0.25, 0.3) is 0 Å². The second-order valence-corrected chi connectivity index (χ2v) is 6.69. The molecular weight excluding hydrogens is 500 g/mol. The van der Waals surface area contributed by atoms with Crippen molar-refractivity contribution in [2.24, 2.45) is 4.99 Å². The number of morpholine rings is 1. The van der Waals surface area contributed by atoms with E-state index in [9.17, 15) is 4.39 Å². The molecule has 0 aliphatic carbocycles. The molecule has 1 unspecified atom stereocenters. The van der Waals surface area contributed by atoms with Crippen LogP contribution in [0.15, 0.2) is 47.6 Å². The molecule has 1 fully saturated rings. The SMILES string of the molecule is CN=C(NCc1cccnc1OC)NCC(c1ccc(F)cc1)N1CCOCC1.I. The van der Waals surface area contributed by atoms with E-state index in [1.807, 2.05) is 24.3 Å². The minimum atomic E-state index is -0.231. The monoisotopic (exact) mass is 529 g/mol. The molecule has 2 aromatic rings. The van der Waals surface area contributed by atoms with Gasteiger partial charge in [0.15, 0.2) is 5.96 Å². The van der Waals surface area contributed by atoms with E-state index in [-0.39, 0.29) is 35.8 Å². The summed E-state index contributed by atoms with van der Waals surface area (Å²) in [6.45, 7) is 4.24. The Labute approximate surface area is 194 Å². The Morgan fingerprint density at radius 2 is 1.97 bits per heavy atom. The Hall–Kier alpha value is -1.98. The molecule has 1 atom stereocenters. The Bertz CT molecular complexity index is 800. The number of methoxy groups -OCH3 is 1. The molecular formula is C21H29FIN5O2. The fourth-order valence-electron chi connectivity index (χ4n) is 3.37.